The molecular weight excluding hydrogens is 430 g/mol. The van der Waals surface area contributed by atoms with Crippen LogP contribution >= 0.6 is 0 Å². The Hall–Kier alpha value is -3.38. The van der Waals surface area contributed by atoms with Crippen LogP contribution in [0, 0.1) is 13.8 Å². The van der Waals surface area contributed by atoms with E-state index in [2.05, 4.69) is 28.0 Å². The summed E-state index contributed by atoms with van der Waals surface area (Å²) in [4.78, 5) is 4.17. The summed E-state index contributed by atoms with van der Waals surface area (Å²) < 4.78 is 31.3. The van der Waals surface area contributed by atoms with Crippen molar-refractivity contribution < 1.29 is 8.42 Å². The molecule has 0 aromatic heterocycles. The van der Waals surface area contributed by atoms with Gasteiger partial charge in [0.1, 0.15) is 5.54 Å². The maximum Gasteiger partial charge on any atom is 0.284 e. The van der Waals surface area contributed by atoms with Gasteiger partial charge in [0.2, 0.25) is 0 Å². The molecule has 1 atom stereocenters. The molecule has 33 heavy (non-hydrogen) atoms. The van der Waals surface area contributed by atoms with Crippen molar-refractivity contribution in [1.82, 2.24) is 0 Å². The number of hydrogen-bond acceptors (Lipinski definition) is 3. The van der Waals surface area contributed by atoms with Gasteiger partial charge in [-0.25, -0.2) is 0 Å². The summed E-state index contributed by atoms with van der Waals surface area (Å²) in [7, 11) is -0.0821. The monoisotopic (exact) mass is 459 g/mol. The first-order chi connectivity index (χ1) is 15.7. The van der Waals surface area contributed by atoms with Gasteiger partial charge in [0.05, 0.1) is 4.90 Å². The van der Waals surface area contributed by atoms with Crippen LogP contribution in [0.1, 0.15) is 23.1 Å². The molecule has 5 nitrogen and oxygen atoms in total. The molecule has 3 aromatic carbocycles. The van der Waals surface area contributed by atoms with E-state index in [4.69, 9.17) is 0 Å². The van der Waals surface area contributed by atoms with E-state index in [9.17, 15) is 8.42 Å². The quantitative estimate of drug-likeness (QED) is 0.460. The van der Waals surface area contributed by atoms with Crippen molar-refractivity contribution in [3.8, 4) is 0 Å². The topological polar surface area (TPSA) is 53.0 Å². The van der Waals surface area contributed by atoms with Gasteiger partial charge in [0.15, 0.2) is 5.84 Å². The molecule has 0 aliphatic carbocycles. The third-order valence-corrected chi connectivity index (χ3v) is 7.64. The van der Waals surface area contributed by atoms with Crippen LogP contribution < -0.4 is 9.80 Å². The number of rotatable bonds is 6. The van der Waals surface area contributed by atoms with Crippen LogP contribution in [0.2, 0.25) is 0 Å². The van der Waals surface area contributed by atoms with E-state index in [1.54, 1.807) is 24.3 Å². The van der Waals surface area contributed by atoms with Crippen LogP contribution in [0.5, 0.6) is 0 Å². The largest absolute Gasteiger partial charge is 0.358 e. The lowest BCUT2D eigenvalue weighted by molar-refractivity contribution is 0.574. The van der Waals surface area contributed by atoms with E-state index in [0.717, 1.165) is 28.1 Å². The summed E-state index contributed by atoms with van der Waals surface area (Å²) in [5.41, 5.74) is 4.20. The Kier molecular flexibility index (Phi) is 5.89. The van der Waals surface area contributed by atoms with Crippen molar-refractivity contribution >= 4 is 27.2 Å². The van der Waals surface area contributed by atoms with Gasteiger partial charge in [-0.1, -0.05) is 59.7 Å². The highest BCUT2D eigenvalue weighted by atomic mass is 32.2. The second-order valence-corrected chi connectivity index (χ2v) is 10.1. The second-order valence-electron chi connectivity index (χ2n) is 8.53. The van der Waals surface area contributed by atoms with Gasteiger partial charge in [-0.2, -0.15) is 8.42 Å². The average Bonchev–Trinajstić information content (AvgIpc) is 3.03. The molecule has 0 fully saturated rings. The molecule has 0 spiro atoms. The molecule has 4 rings (SSSR count). The highest BCUT2D eigenvalue weighted by Crippen LogP contribution is 2.48. The maximum atomic E-state index is 13.4. The molecule has 3 aromatic rings. The molecule has 170 valence electrons. The molecular formula is C27H29N3O2S. The van der Waals surface area contributed by atoms with Gasteiger partial charge in [-0.3, -0.25) is 0 Å². The summed E-state index contributed by atoms with van der Waals surface area (Å²) in [6.07, 6.45) is 2.32. The number of para-hydroxylation sites is 1. The number of fused-ring (bicyclic) bond motifs is 1. The third-order valence-electron chi connectivity index (χ3n) is 6.36. The van der Waals surface area contributed by atoms with Crippen LogP contribution in [0.4, 0.5) is 11.4 Å². The first kappa shape index (κ1) is 22.8. The average molecular weight is 460 g/mol. The maximum absolute atomic E-state index is 13.4. The summed E-state index contributed by atoms with van der Waals surface area (Å²) in [6, 6.07) is 23.0. The third kappa shape index (κ3) is 3.85. The van der Waals surface area contributed by atoms with Gasteiger partial charge in [-0.15, -0.1) is 11.0 Å². The van der Waals surface area contributed by atoms with Crippen molar-refractivity contribution in [3.05, 3.63) is 102 Å². The van der Waals surface area contributed by atoms with Crippen LogP contribution in [0.15, 0.2) is 94.7 Å². The Balaban J connectivity index is 1.97. The van der Waals surface area contributed by atoms with Crippen LogP contribution in [-0.2, 0) is 15.6 Å². The fraction of sp³-hybridized carbons (Fsp3) is 0.222. The molecule has 0 N–H and O–H groups in total. The van der Waals surface area contributed by atoms with Crippen LogP contribution in [-0.4, -0.2) is 28.3 Å². The van der Waals surface area contributed by atoms with Crippen molar-refractivity contribution in [2.24, 2.45) is 4.40 Å². The Labute approximate surface area is 196 Å². The van der Waals surface area contributed by atoms with E-state index in [0.29, 0.717) is 12.3 Å². The van der Waals surface area contributed by atoms with Gasteiger partial charge in [-0.05, 0) is 50.6 Å². The number of anilines is 2. The zero-order valence-electron chi connectivity index (χ0n) is 19.5. The van der Waals surface area contributed by atoms with Gasteiger partial charge in [0, 0.05) is 31.0 Å². The van der Waals surface area contributed by atoms with E-state index in [-0.39, 0.29) is 4.90 Å². The van der Waals surface area contributed by atoms with E-state index in [1.807, 2.05) is 75.3 Å². The first-order valence-electron chi connectivity index (χ1n) is 10.9. The zero-order valence-corrected chi connectivity index (χ0v) is 20.3. The molecule has 1 aliphatic rings. The molecule has 6 heteroatoms. The summed E-state index contributed by atoms with van der Waals surface area (Å²) >= 11 is 0. The molecule has 0 bridgehead atoms. The number of likely N-dealkylation sites (N-methyl/N-ethyl adjacent to an activating group) is 2. The SMILES string of the molecule is C=CCC1(N(C)c2ccc(C)cc2)/C(=N/S(=O)(=O)c2ccc(C)cc2)N(C)c2ccccc21. The molecule has 0 saturated heterocycles. The van der Waals surface area contributed by atoms with Crippen molar-refractivity contribution in [1.29, 1.82) is 0 Å². The van der Waals surface area contributed by atoms with Gasteiger partial charge >= 0.3 is 0 Å². The lowest BCUT2D eigenvalue weighted by atomic mass is 9.85. The number of benzene rings is 3. The van der Waals surface area contributed by atoms with Gasteiger partial charge < -0.3 is 9.80 Å². The van der Waals surface area contributed by atoms with Crippen molar-refractivity contribution in [2.45, 2.75) is 30.7 Å². The smallest absolute Gasteiger partial charge is 0.284 e. The van der Waals surface area contributed by atoms with E-state index >= 15 is 0 Å². The molecule has 0 saturated carbocycles. The Bertz CT molecular complexity index is 1310. The van der Waals surface area contributed by atoms with E-state index < -0.39 is 15.6 Å². The minimum Gasteiger partial charge on any atom is -0.358 e. The first-order valence-corrected chi connectivity index (χ1v) is 12.3. The molecule has 1 heterocycles. The number of aryl methyl sites for hydroxylation is 2. The lowest BCUT2D eigenvalue weighted by Crippen LogP contribution is -2.51. The summed E-state index contributed by atoms with van der Waals surface area (Å²) in [6.45, 7) is 7.98. The van der Waals surface area contributed by atoms with Crippen molar-refractivity contribution in [2.75, 3.05) is 23.9 Å². The Morgan fingerprint density at radius 3 is 2.15 bits per heavy atom. The van der Waals surface area contributed by atoms with Crippen LogP contribution in [0.25, 0.3) is 0 Å². The predicted molar refractivity (Wildman–Crippen MR) is 137 cm³/mol. The molecule has 1 unspecified atom stereocenters. The number of sulfonamides is 1. The standard InChI is InChI=1S/C27H29N3O2S/c1-6-19-27(30(5)22-15-11-20(2)12-16-22)24-9-7-8-10-25(24)29(4)26(27)28-33(31,32)23-17-13-21(3)14-18-23/h6-18H,1,19H2,2-5H3/b28-26-. The minimum atomic E-state index is -3.94. The normalized spacial score (nSPS) is 18.9. The van der Waals surface area contributed by atoms with E-state index in [1.165, 1.54) is 0 Å². The fourth-order valence-electron chi connectivity index (χ4n) is 4.51. The molecule has 1 aliphatic heterocycles. The predicted octanol–water partition coefficient (Wildman–Crippen LogP) is 5.45. The number of hydrogen-bond donors (Lipinski definition) is 0. The highest BCUT2D eigenvalue weighted by Gasteiger charge is 2.51. The molecule has 0 radical (unpaired) electrons. The summed E-state index contributed by atoms with van der Waals surface area (Å²) in [5, 5.41) is 0. The lowest BCUT2D eigenvalue weighted by Gasteiger charge is -2.41. The number of amidine groups is 1. The zero-order chi connectivity index (χ0) is 23.8. The van der Waals surface area contributed by atoms with Crippen molar-refractivity contribution in [3.63, 3.8) is 0 Å². The summed E-state index contributed by atoms with van der Waals surface area (Å²) in [5.74, 6) is 0.451. The van der Waals surface area contributed by atoms with Gasteiger partial charge in [0.25, 0.3) is 10.0 Å². The van der Waals surface area contributed by atoms with Crippen LogP contribution in [0.3, 0.4) is 0 Å². The Morgan fingerprint density at radius 2 is 1.55 bits per heavy atom. The highest BCUT2D eigenvalue weighted by molar-refractivity contribution is 7.90. The number of nitrogens with zero attached hydrogens (tertiary/aromatic N) is 3. The fourth-order valence-corrected chi connectivity index (χ4v) is 5.59. The molecule has 0 amide bonds. The Morgan fingerprint density at radius 1 is 0.970 bits per heavy atom. The second kappa shape index (κ2) is 8.52. The minimum absolute atomic E-state index is 0.176.